The quantitative estimate of drug-likeness (QED) is 0.556. The molecule has 1 aromatic heterocycles. The largest absolute Gasteiger partial charge is 0.455 e. The Morgan fingerprint density at radius 3 is 3.07 bits per heavy atom. The van der Waals surface area contributed by atoms with Gasteiger partial charge in [-0.05, 0) is 6.08 Å². The lowest BCUT2D eigenvalue weighted by Gasteiger charge is -2.00. The Kier molecular flexibility index (Phi) is 2.20. The molecule has 1 aromatic rings. The highest BCUT2D eigenvalue weighted by Gasteiger charge is 2.27. The molecule has 1 aliphatic rings. The summed E-state index contributed by atoms with van der Waals surface area (Å²) in [6, 6.07) is 1.23. The molecule has 1 unspecified atom stereocenters. The average Bonchev–Trinajstić information content (AvgIpc) is 2.86. The zero-order valence-electron chi connectivity index (χ0n) is 7.62. The van der Waals surface area contributed by atoms with Crippen LogP contribution in [-0.2, 0) is 4.84 Å². The molecule has 0 aromatic carbocycles. The number of rotatable bonds is 3. The molecule has 0 aliphatic carbocycles. The van der Waals surface area contributed by atoms with E-state index in [1.165, 1.54) is 6.07 Å². The third kappa shape index (κ3) is 1.71. The predicted octanol–water partition coefficient (Wildman–Crippen LogP) is 1.59. The summed E-state index contributed by atoms with van der Waals surface area (Å²) >= 11 is 0. The molecule has 7 nitrogen and oxygen atoms in total. The first-order chi connectivity index (χ1) is 7.20. The molecule has 0 radical (unpaired) electrons. The normalized spacial score (nSPS) is 19.5. The van der Waals surface area contributed by atoms with E-state index in [2.05, 4.69) is 21.4 Å². The fraction of sp³-hybridized carbons (Fsp3) is 0.250. The second-order valence-electron chi connectivity index (χ2n) is 2.93. The van der Waals surface area contributed by atoms with Gasteiger partial charge in [-0.2, -0.15) is 0 Å². The Hall–Kier alpha value is -2.18. The molecule has 7 heteroatoms. The van der Waals surface area contributed by atoms with E-state index in [0.717, 1.165) is 0 Å². The topological polar surface area (TPSA) is 90.8 Å². The van der Waals surface area contributed by atoms with Gasteiger partial charge in [0, 0.05) is 6.42 Å². The smallest absolute Gasteiger partial charge is 0.385 e. The SMILES string of the molecule is C=CC1=NOC(c2cc([N+](=O)[O-])on2)C1. The molecular formula is C8H7N3O4. The molecule has 0 saturated heterocycles. The fourth-order valence-electron chi connectivity index (χ4n) is 1.19. The minimum absolute atomic E-state index is 0.363. The lowest BCUT2D eigenvalue weighted by molar-refractivity contribution is -0.404. The predicted molar refractivity (Wildman–Crippen MR) is 49.2 cm³/mol. The van der Waals surface area contributed by atoms with Crippen molar-refractivity contribution in [2.24, 2.45) is 5.16 Å². The number of hydrogen-bond donors (Lipinski definition) is 0. The number of allylic oxidation sites excluding steroid dienone is 1. The number of aromatic nitrogens is 1. The number of hydrogen-bond acceptors (Lipinski definition) is 6. The van der Waals surface area contributed by atoms with Crippen LogP contribution < -0.4 is 0 Å². The van der Waals surface area contributed by atoms with E-state index < -0.39 is 16.9 Å². The summed E-state index contributed by atoms with van der Waals surface area (Å²) in [5, 5.41) is 17.6. The Morgan fingerprint density at radius 1 is 1.73 bits per heavy atom. The van der Waals surface area contributed by atoms with Gasteiger partial charge in [0.25, 0.3) is 0 Å². The van der Waals surface area contributed by atoms with Crippen LogP contribution in [0.5, 0.6) is 0 Å². The zero-order chi connectivity index (χ0) is 10.8. The minimum atomic E-state index is -0.652. The van der Waals surface area contributed by atoms with E-state index >= 15 is 0 Å². The molecule has 0 amide bonds. The summed E-state index contributed by atoms with van der Waals surface area (Å²) in [7, 11) is 0. The monoisotopic (exact) mass is 209 g/mol. The van der Waals surface area contributed by atoms with Gasteiger partial charge in [-0.1, -0.05) is 16.9 Å². The first kappa shape index (κ1) is 9.38. The van der Waals surface area contributed by atoms with Gasteiger partial charge in [0.15, 0.2) is 6.10 Å². The highest BCUT2D eigenvalue weighted by atomic mass is 16.7. The van der Waals surface area contributed by atoms with Gasteiger partial charge in [-0.15, -0.1) is 0 Å². The van der Waals surface area contributed by atoms with Gasteiger partial charge in [-0.25, -0.2) is 0 Å². The maximum absolute atomic E-state index is 10.3. The van der Waals surface area contributed by atoms with E-state index in [1.807, 2.05) is 0 Å². The first-order valence-electron chi connectivity index (χ1n) is 4.17. The molecule has 0 bridgehead atoms. The molecule has 0 saturated carbocycles. The highest BCUT2D eigenvalue weighted by Crippen LogP contribution is 2.28. The molecule has 0 N–H and O–H groups in total. The number of nitrogens with zero attached hydrogens (tertiary/aromatic N) is 3. The zero-order valence-corrected chi connectivity index (χ0v) is 7.62. The summed E-state index contributed by atoms with van der Waals surface area (Å²) in [5.41, 5.74) is 1.05. The number of nitro groups is 1. The van der Waals surface area contributed by atoms with Crippen molar-refractivity contribution >= 4 is 11.6 Å². The van der Waals surface area contributed by atoms with Crippen molar-refractivity contribution in [3.05, 3.63) is 34.5 Å². The van der Waals surface area contributed by atoms with E-state index in [-0.39, 0.29) is 0 Å². The minimum Gasteiger partial charge on any atom is -0.385 e. The Bertz CT molecular complexity index is 437. The Morgan fingerprint density at radius 2 is 2.53 bits per heavy atom. The maximum Gasteiger partial charge on any atom is 0.455 e. The molecule has 0 fully saturated rings. The molecule has 1 aliphatic heterocycles. The van der Waals surface area contributed by atoms with E-state index in [0.29, 0.717) is 17.8 Å². The lowest BCUT2D eigenvalue weighted by Crippen LogP contribution is -1.98. The van der Waals surface area contributed by atoms with Crippen molar-refractivity contribution in [1.29, 1.82) is 0 Å². The first-order valence-corrected chi connectivity index (χ1v) is 4.17. The Balaban J connectivity index is 2.12. The van der Waals surface area contributed by atoms with Crippen LogP contribution in [0.3, 0.4) is 0 Å². The van der Waals surface area contributed by atoms with Gasteiger partial charge in [0.2, 0.25) is 0 Å². The number of oxime groups is 1. The van der Waals surface area contributed by atoms with Gasteiger partial charge < -0.3 is 4.84 Å². The van der Waals surface area contributed by atoms with Gasteiger partial charge in [0.1, 0.15) is 10.6 Å². The van der Waals surface area contributed by atoms with Crippen molar-refractivity contribution in [2.45, 2.75) is 12.5 Å². The van der Waals surface area contributed by atoms with Crippen molar-refractivity contribution < 1.29 is 14.3 Å². The van der Waals surface area contributed by atoms with Crippen LogP contribution in [0, 0.1) is 10.1 Å². The standard InChI is InChI=1S/C8H7N3O4/c1-2-5-3-7(14-9-5)6-4-8(11(12)13)15-10-6/h2,4,7H,1,3H2. The van der Waals surface area contributed by atoms with Gasteiger partial charge >= 0.3 is 5.88 Å². The summed E-state index contributed by atoms with van der Waals surface area (Å²) in [5.74, 6) is -0.402. The molecule has 2 rings (SSSR count). The summed E-state index contributed by atoms with van der Waals surface area (Å²) < 4.78 is 4.50. The van der Waals surface area contributed by atoms with E-state index in [4.69, 9.17) is 4.84 Å². The summed E-state index contributed by atoms with van der Waals surface area (Å²) in [4.78, 5) is 14.7. The Labute approximate surface area is 84.1 Å². The third-order valence-corrected chi connectivity index (χ3v) is 1.95. The summed E-state index contributed by atoms with van der Waals surface area (Å²) in [6.07, 6.45) is 1.64. The van der Waals surface area contributed by atoms with Crippen LogP contribution in [0.4, 0.5) is 5.88 Å². The molecule has 1 atom stereocenters. The third-order valence-electron chi connectivity index (χ3n) is 1.95. The van der Waals surface area contributed by atoms with Crippen molar-refractivity contribution in [1.82, 2.24) is 5.16 Å². The molecule has 15 heavy (non-hydrogen) atoms. The van der Waals surface area contributed by atoms with Crippen LogP contribution in [0.15, 0.2) is 28.4 Å². The van der Waals surface area contributed by atoms with E-state index in [1.54, 1.807) is 6.08 Å². The second-order valence-corrected chi connectivity index (χ2v) is 2.93. The van der Waals surface area contributed by atoms with Crippen molar-refractivity contribution in [3.8, 4) is 0 Å². The molecule has 0 spiro atoms. The summed E-state index contributed by atoms with van der Waals surface area (Å²) in [6.45, 7) is 3.54. The van der Waals surface area contributed by atoms with Gasteiger partial charge in [-0.3, -0.25) is 14.6 Å². The van der Waals surface area contributed by atoms with Crippen LogP contribution in [-0.4, -0.2) is 15.8 Å². The maximum atomic E-state index is 10.3. The molecular weight excluding hydrogens is 202 g/mol. The van der Waals surface area contributed by atoms with Crippen LogP contribution in [0.1, 0.15) is 18.2 Å². The van der Waals surface area contributed by atoms with Gasteiger partial charge in [0.05, 0.1) is 11.8 Å². The van der Waals surface area contributed by atoms with E-state index in [9.17, 15) is 10.1 Å². The molecule has 2 heterocycles. The average molecular weight is 209 g/mol. The highest BCUT2D eigenvalue weighted by molar-refractivity contribution is 5.95. The van der Waals surface area contributed by atoms with Crippen LogP contribution in [0.25, 0.3) is 0 Å². The fourth-order valence-corrected chi connectivity index (χ4v) is 1.19. The second kappa shape index (κ2) is 3.52. The van der Waals surface area contributed by atoms with Crippen molar-refractivity contribution in [3.63, 3.8) is 0 Å². The van der Waals surface area contributed by atoms with Crippen LogP contribution >= 0.6 is 0 Å². The van der Waals surface area contributed by atoms with Crippen LogP contribution in [0.2, 0.25) is 0 Å². The lowest BCUT2D eigenvalue weighted by atomic mass is 10.1. The molecule has 78 valence electrons. The van der Waals surface area contributed by atoms with Crippen molar-refractivity contribution in [2.75, 3.05) is 0 Å².